The third-order valence-corrected chi connectivity index (χ3v) is 6.23. The van der Waals surface area contributed by atoms with Crippen LogP contribution in [0.15, 0.2) is 48.5 Å². The zero-order valence-corrected chi connectivity index (χ0v) is 15.8. The van der Waals surface area contributed by atoms with Gasteiger partial charge in [-0.25, -0.2) is 0 Å². The van der Waals surface area contributed by atoms with Gasteiger partial charge < -0.3 is 9.84 Å². The van der Waals surface area contributed by atoms with Crippen LogP contribution < -0.4 is 4.74 Å². The molecule has 4 nitrogen and oxygen atoms in total. The minimum atomic E-state index is -0.970. The fraction of sp³-hybridized carbons (Fsp3) is 0.435. The molecule has 27 heavy (non-hydrogen) atoms. The van der Waals surface area contributed by atoms with Crippen LogP contribution in [0.3, 0.4) is 0 Å². The van der Waals surface area contributed by atoms with Gasteiger partial charge in [0.2, 0.25) is 0 Å². The predicted molar refractivity (Wildman–Crippen MR) is 104 cm³/mol. The third kappa shape index (κ3) is 3.34. The second-order valence-electron chi connectivity index (χ2n) is 7.83. The molecular formula is C23H26N2O2. The molecule has 4 rings (SSSR count). The molecule has 4 heteroatoms. The zero-order valence-electron chi connectivity index (χ0n) is 15.8. The molecule has 2 aliphatic heterocycles. The van der Waals surface area contributed by atoms with Gasteiger partial charge in [0.1, 0.15) is 17.4 Å². The maximum atomic E-state index is 11.6. The minimum Gasteiger partial charge on any atom is -0.495 e. The van der Waals surface area contributed by atoms with Crippen LogP contribution >= 0.6 is 0 Å². The average Bonchev–Trinajstić information content (AvgIpc) is 2.69. The lowest BCUT2D eigenvalue weighted by Gasteiger charge is -2.52. The molecule has 2 aliphatic rings. The van der Waals surface area contributed by atoms with Crippen LogP contribution in [0.1, 0.15) is 48.8 Å². The van der Waals surface area contributed by atoms with Gasteiger partial charge in [0.25, 0.3) is 0 Å². The summed E-state index contributed by atoms with van der Waals surface area (Å²) in [5.41, 5.74) is 1.54. The summed E-state index contributed by atoms with van der Waals surface area (Å²) in [4.78, 5) is 2.57. The van der Waals surface area contributed by atoms with Crippen LogP contribution in [0.2, 0.25) is 0 Å². The van der Waals surface area contributed by atoms with Crippen molar-refractivity contribution in [3.63, 3.8) is 0 Å². The van der Waals surface area contributed by atoms with E-state index < -0.39 is 5.60 Å². The summed E-state index contributed by atoms with van der Waals surface area (Å²) in [6.07, 6.45) is 4.73. The number of hydrogen-bond donors (Lipinski definition) is 1. The highest BCUT2D eigenvalue weighted by molar-refractivity contribution is 5.51. The number of fused-ring (bicyclic) bond motifs is 2. The Morgan fingerprint density at radius 2 is 1.81 bits per heavy atom. The van der Waals surface area contributed by atoms with E-state index in [0.717, 1.165) is 24.9 Å². The first kappa shape index (κ1) is 18.0. The molecule has 0 aliphatic carbocycles. The minimum absolute atomic E-state index is 0.334. The van der Waals surface area contributed by atoms with Crippen LogP contribution in [0.4, 0.5) is 0 Å². The molecule has 2 aromatic carbocycles. The number of nitrogens with zero attached hydrogens (tertiary/aromatic N) is 2. The van der Waals surface area contributed by atoms with Gasteiger partial charge in [0.05, 0.1) is 12.7 Å². The monoisotopic (exact) mass is 362 g/mol. The van der Waals surface area contributed by atoms with Gasteiger partial charge in [0, 0.05) is 24.2 Å². The van der Waals surface area contributed by atoms with Crippen molar-refractivity contribution in [1.29, 1.82) is 5.26 Å². The van der Waals surface area contributed by atoms with Crippen molar-refractivity contribution in [3.05, 3.63) is 65.2 Å². The summed E-state index contributed by atoms with van der Waals surface area (Å²) >= 11 is 0. The predicted octanol–water partition coefficient (Wildman–Crippen LogP) is 3.97. The standard InChI is InChI=1S/C23H26N2O2/c1-27-22-12-6-11-21(20(22)15-24)23(26)13-18-9-5-10-19(14-23)25(18)16-17-7-3-2-4-8-17/h2-4,6-8,11-12,18-19,26H,5,9-10,13-14,16H2,1H3. The lowest BCUT2D eigenvalue weighted by molar-refractivity contribution is -0.100. The molecule has 0 spiro atoms. The highest BCUT2D eigenvalue weighted by Crippen LogP contribution is 2.46. The Hall–Kier alpha value is -2.35. The molecule has 2 unspecified atom stereocenters. The maximum Gasteiger partial charge on any atom is 0.137 e. The summed E-state index contributed by atoms with van der Waals surface area (Å²) in [6, 6.07) is 19.0. The van der Waals surface area contributed by atoms with E-state index in [9.17, 15) is 10.4 Å². The molecule has 2 saturated heterocycles. The van der Waals surface area contributed by atoms with Crippen molar-refractivity contribution >= 4 is 0 Å². The summed E-state index contributed by atoms with van der Waals surface area (Å²) < 4.78 is 5.36. The van der Waals surface area contributed by atoms with Crippen LogP contribution in [0, 0.1) is 11.3 Å². The lowest BCUT2D eigenvalue weighted by atomic mass is 9.71. The molecule has 1 N–H and O–H groups in total. The van der Waals surface area contributed by atoms with Gasteiger partial charge in [0.15, 0.2) is 0 Å². The van der Waals surface area contributed by atoms with E-state index in [1.165, 1.54) is 12.0 Å². The number of rotatable bonds is 4. The lowest BCUT2D eigenvalue weighted by Crippen LogP contribution is -2.56. The van der Waals surface area contributed by atoms with Crippen molar-refractivity contribution in [2.24, 2.45) is 0 Å². The second kappa shape index (κ2) is 7.34. The van der Waals surface area contributed by atoms with Gasteiger partial charge >= 0.3 is 0 Å². The van der Waals surface area contributed by atoms with Crippen LogP contribution in [0.25, 0.3) is 0 Å². The van der Waals surface area contributed by atoms with Crippen LogP contribution in [-0.2, 0) is 12.1 Å². The normalized spacial score (nSPS) is 27.7. The molecule has 2 aromatic rings. The number of methoxy groups -OCH3 is 1. The van der Waals surface area contributed by atoms with Crippen LogP contribution in [0.5, 0.6) is 5.75 Å². The quantitative estimate of drug-likeness (QED) is 0.894. The average molecular weight is 362 g/mol. The van der Waals surface area contributed by atoms with Crippen molar-refractivity contribution < 1.29 is 9.84 Å². The van der Waals surface area contributed by atoms with E-state index >= 15 is 0 Å². The fourth-order valence-electron chi connectivity index (χ4n) is 5.00. The van der Waals surface area contributed by atoms with Crippen molar-refractivity contribution in [2.75, 3.05) is 7.11 Å². The van der Waals surface area contributed by atoms with E-state index in [-0.39, 0.29) is 0 Å². The zero-order chi connectivity index (χ0) is 18.9. The van der Waals surface area contributed by atoms with Crippen molar-refractivity contribution in [3.8, 4) is 11.8 Å². The number of aliphatic hydroxyl groups is 1. The summed E-state index contributed by atoms with van der Waals surface area (Å²) in [7, 11) is 1.57. The first-order valence-corrected chi connectivity index (χ1v) is 9.74. The highest BCUT2D eigenvalue weighted by atomic mass is 16.5. The van der Waals surface area contributed by atoms with Crippen LogP contribution in [-0.4, -0.2) is 29.2 Å². The number of hydrogen-bond acceptors (Lipinski definition) is 4. The summed E-state index contributed by atoms with van der Waals surface area (Å²) in [5, 5.41) is 21.3. The van der Waals surface area contributed by atoms with Gasteiger partial charge in [-0.15, -0.1) is 0 Å². The molecule has 2 fully saturated rings. The first-order chi connectivity index (χ1) is 13.1. The van der Waals surface area contributed by atoms with Crippen molar-refractivity contribution in [1.82, 2.24) is 4.90 Å². The molecular weight excluding hydrogens is 336 g/mol. The molecule has 2 heterocycles. The van der Waals surface area contributed by atoms with E-state index in [0.29, 0.717) is 36.2 Å². The van der Waals surface area contributed by atoms with Gasteiger partial charge in [-0.1, -0.05) is 48.9 Å². The Labute approximate surface area is 161 Å². The molecule has 0 aromatic heterocycles. The molecule has 0 amide bonds. The molecule has 0 radical (unpaired) electrons. The number of nitriles is 1. The number of piperidine rings is 2. The van der Waals surface area contributed by atoms with E-state index in [1.54, 1.807) is 13.2 Å². The number of benzene rings is 2. The molecule has 140 valence electrons. The molecule has 2 bridgehead atoms. The van der Waals surface area contributed by atoms with Crippen molar-refractivity contribution in [2.45, 2.75) is 56.3 Å². The van der Waals surface area contributed by atoms with E-state index in [2.05, 4.69) is 35.2 Å². The highest BCUT2D eigenvalue weighted by Gasteiger charge is 2.47. The Morgan fingerprint density at radius 3 is 2.44 bits per heavy atom. The molecule has 0 saturated carbocycles. The summed E-state index contributed by atoms with van der Waals surface area (Å²) in [6.45, 7) is 0.926. The van der Waals surface area contributed by atoms with Gasteiger partial charge in [-0.3, -0.25) is 4.90 Å². The van der Waals surface area contributed by atoms with E-state index in [1.807, 2.05) is 18.2 Å². The Kier molecular flexibility index (Phi) is 4.90. The Balaban J connectivity index is 1.64. The van der Waals surface area contributed by atoms with E-state index in [4.69, 9.17) is 4.74 Å². The Bertz CT molecular complexity index is 829. The Morgan fingerprint density at radius 1 is 1.11 bits per heavy atom. The first-order valence-electron chi connectivity index (χ1n) is 9.74. The number of ether oxygens (including phenoxy) is 1. The maximum absolute atomic E-state index is 11.6. The SMILES string of the molecule is COc1cccc(C2(O)CC3CCCC(C2)N3Cc2ccccc2)c1C#N. The largest absolute Gasteiger partial charge is 0.495 e. The molecule has 2 atom stereocenters. The smallest absolute Gasteiger partial charge is 0.137 e. The topological polar surface area (TPSA) is 56.5 Å². The summed E-state index contributed by atoms with van der Waals surface area (Å²) in [5.74, 6) is 0.542. The fourth-order valence-corrected chi connectivity index (χ4v) is 5.00. The van der Waals surface area contributed by atoms with Gasteiger partial charge in [-0.2, -0.15) is 5.26 Å². The van der Waals surface area contributed by atoms with Gasteiger partial charge in [-0.05, 0) is 37.3 Å². The third-order valence-electron chi connectivity index (χ3n) is 6.23. The second-order valence-corrected chi connectivity index (χ2v) is 7.83.